The van der Waals surface area contributed by atoms with Gasteiger partial charge in [0, 0.05) is 43.3 Å². The summed E-state index contributed by atoms with van der Waals surface area (Å²) < 4.78 is 20.8. The number of hydrogen-bond donors (Lipinski definition) is 1. The van der Waals surface area contributed by atoms with Crippen molar-refractivity contribution in [3.05, 3.63) is 96.1 Å². The molecule has 1 amide bonds. The van der Waals surface area contributed by atoms with Gasteiger partial charge in [0.15, 0.2) is 5.82 Å². The Kier molecular flexibility index (Phi) is 8.32. The van der Waals surface area contributed by atoms with E-state index in [1.165, 1.54) is 6.07 Å². The SMILES string of the molecule is CCC(CC)C(=O)Nc1ccc(N2CCN(C(c3ccccc3)c3noc(-c4ccccc4)n3)CC2)c(F)c1. The summed E-state index contributed by atoms with van der Waals surface area (Å²) in [7, 11) is 0. The van der Waals surface area contributed by atoms with Crippen molar-refractivity contribution in [2.45, 2.75) is 32.7 Å². The van der Waals surface area contributed by atoms with E-state index in [0.717, 1.165) is 24.0 Å². The van der Waals surface area contributed by atoms with Crippen LogP contribution in [0.1, 0.15) is 44.1 Å². The van der Waals surface area contributed by atoms with Gasteiger partial charge >= 0.3 is 0 Å². The lowest BCUT2D eigenvalue weighted by atomic mass is 10.0. The lowest BCUT2D eigenvalue weighted by Crippen LogP contribution is -2.48. The number of nitrogens with one attached hydrogen (secondary N) is 1. The molecule has 2 heterocycles. The molecule has 0 radical (unpaired) electrons. The molecule has 0 saturated carbocycles. The van der Waals surface area contributed by atoms with Crippen molar-refractivity contribution in [3.63, 3.8) is 0 Å². The number of amides is 1. The summed E-state index contributed by atoms with van der Waals surface area (Å²) in [5, 5.41) is 7.22. The van der Waals surface area contributed by atoms with E-state index < -0.39 is 0 Å². The van der Waals surface area contributed by atoms with E-state index in [-0.39, 0.29) is 23.7 Å². The van der Waals surface area contributed by atoms with Crippen LogP contribution in [0.25, 0.3) is 11.5 Å². The smallest absolute Gasteiger partial charge is 0.257 e. The molecule has 1 fully saturated rings. The highest BCUT2D eigenvalue weighted by molar-refractivity contribution is 5.92. The number of anilines is 2. The van der Waals surface area contributed by atoms with Gasteiger partial charge in [-0.25, -0.2) is 4.39 Å². The van der Waals surface area contributed by atoms with Crippen molar-refractivity contribution in [2.24, 2.45) is 5.92 Å². The molecule has 1 N–H and O–H groups in total. The molecule has 1 aromatic heterocycles. The van der Waals surface area contributed by atoms with Gasteiger partial charge in [-0.15, -0.1) is 0 Å². The maximum atomic E-state index is 15.2. The fourth-order valence-corrected chi connectivity index (χ4v) is 5.17. The first-order valence-electron chi connectivity index (χ1n) is 13.6. The highest BCUT2D eigenvalue weighted by Gasteiger charge is 2.31. The van der Waals surface area contributed by atoms with E-state index in [1.807, 2.05) is 67.3 Å². The molecule has 3 aromatic carbocycles. The van der Waals surface area contributed by atoms with Crippen molar-refractivity contribution in [2.75, 3.05) is 36.4 Å². The average Bonchev–Trinajstić information content (AvgIpc) is 3.45. The number of carbonyl (C=O) groups is 1. The first kappa shape index (κ1) is 26.6. The van der Waals surface area contributed by atoms with Crippen molar-refractivity contribution in [3.8, 4) is 11.5 Å². The zero-order valence-corrected chi connectivity index (χ0v) is 22.4. The molecule has 39 heavy (non-hydrogen) atoms. The molecule has 5 rings (SSSR count). The van der Waals surface area contributed by atoms with Crippen LogP contribution in [0.15, 0.2) is 83.4 Å². The molecule has 7 nitrogen and oxygen atoms in total. The molecule has 1 unspecified atom stereocenters. The van der Waals surface area contributed by atoms with Crippen LogP contribution < -0.4 is 10.2 Å². The molecule has 1 aliphatic rings. The summed E-state index contributed by atoms with van der Waals surface area (Å²) in [6.07, 6.45) is 1.52. The van der Waals surface area contributed by atoms with Crippen LogP contribution in [0.4, 0.5) is 15.8 Å². The zero-order chi connectivity index (χ0) is 27.2. The normalized spacial score (nSPS) is 14.9. The van der Waals surface area contributed by atoms with E-state index in [0.29, 0.717) is 49.3 Å². The summed E-state index contributed by atoms with van der Waals surface area (Å²) in [5.74, 6) is 0.628. The quantitative estimate of drug-likeness (QED) is 0.281. The Balaban J connectivity index is 1.30. The molecule has 0 bridgehead atoms. The van der Waals surface area contributed by atoms with Gasteiger partial charge < -0.3 is 14.7 Å². The Morgan fingerprint density at radius 3 is 2.26 bits per heavy atom. The fourth-order valence-electron chi connectivity index (χ4n) is 5.17. The fraction of sp³-hybridized carbons (Fsp3) is 0.323. The van der Waals surface area contributed by atoms with E-state index in [2.05, 4.69) is 27.5 Å². The number of halogens is 1. The second-order valence-electron chi connectivity index (χ2n) is 9.83. The number of aromatic nitrogens is 2. The van der Waals surface area contributed by atoms with Crippen molar-refractivity contribution >= 4 is 17.3 Å². The lowest BCUT2D eigenvalue weighted by Gasteiger charge is -2.39. The molecule has 1 saturated heterocycles. The van der Waals surface area contributed by atoms with Gasteiger partial charge in [0.25, 0.3) is 5.89 Å². The minimum absolute atomic E-state index is 0.0652. The first-order chi connectivity index (χ1) is 19.1. The zero-order valence-electron chi connectivity index (χ0n) is 22.4. The van der Waals surface area contributed by atoms with Crippen LogP contribution in [0.2, 0.25) is 0 Å². The maximum Gasteiger partial charge on any atom is 0.257 e. The lowest BCUT2D eigenvalue weighted by molar-refractivity contribution is -0.120. The number of piperazine rings is 1. The molecular weight excluding hydrogens is 493 g/mol. The number of carbonyl (C=O) groups excluding carboxylic acids is 1. The second-order valence-corrected chi connectivity index (χ2v) is 9.83. The Morgan fingerprint density at radius 1 is 0.949 bits per heavy atom. The second kappa shape index (κ2) is 12.2. The van der Waals surface area contributed by atoms with Crippen molar-refractivity contribution < 1.29 is 13.7 Å². The maximum absolute atomic E-state index is 15.2. The molecule has 4 aromatic rings. The van der Waals surface area contributed by atoms with Crippen molar-refractivity contribution in [1.82, 2.24) is 15.0 Å². The largest absolute Gasteiger partial charge is 0.367 e. The summed E-state index contributed by atoms with van der Waals surface area (Å²) in [4.78, 5) is 21.5. The van der Waals surface area contributed by atoms with Crippen LogP contribution >= 0.6 is 0 Å². The number of nitrogens with zero attached hydrogens (tertiary/aromatic N) is 4. The van der Waals surface area contributed by atoms with E-state index >= 15 is 4.39 Å². The number of rotatable bonds is 9. The summed E-state index contributed by atoms with van der Waals surface area (Å²) in [6.45, 7) is 6.65. The van der Waals surface area contributed by atoms with Gasteiger partial charge in [-0.05, 0) is 48.7 Å². The molecule has 8 heteroatoms. The van der Waals surface area contributed by atoms with Gasteiger partial charge in [-0.2, -0.15) is 4.98 Å². The van der Waals surface area contributed by atoms with Gasteiger partial charge in [0.05, 0.1) is 11.7 Å². The van der Waals surface area contributed by atoms with Gasteiger partial charge in [-0.1, -0.05) is 67.5 Å². The predicted molar refractivity (Wildman–Crippen MR) is 151 cm³/mol. The van der Waals surface area contributed by atoms with E-state index in [9.17, 15) is 4.79 Å². The molecule has 1 aliphatic heterocycles. The highest BCUT2D eigenvalue weighted by atomic mass is 19.1. The monoisotopic (exact) mass is 527 g/mol. The molecule has 0 spiro atoms. The Morgan fingerprint density at radius 2 is 1.62 bits per heavy atom. The van der Waals surface area contributed by atoms with Crippen LogP contribution in [0.5, 0.6) is 0 Å². The van der Waals surface area contributed by atoms with Crippen molar-refractivity contribution in [1.29, 1.82) is 0 Å². The van der Waals surface area contributed by atoms with Gasteiger partial charge in [0.1, 0.15) is 5.82 Å². The molecule has 1 atom stereocenters. The average molecular weight is 528 g/mol. The van der Waals surface area contributed by atoms with E-state index in [4.69, 9.17) is 9.51 Å². The highest BCUT2D eigenvalue weighted by Crippen LogP contribution is 2.31. The van der Waals surface area contributed by atoms with Crippen LogP contribution in [-0.4, -0.2) is 47.1 Å². The number of hydrogen-bond acceptors (Lipinski definition) is 6. The van der Waals surface area contributed by atoms with Gasteiger partial charge in [0.2, 0.25) is 5.91 Å². The van der Waals surface area contributed by atoms with Crippen LogP contribution in [0.3, 0.4) is 0 Å². The van der Waals surface area contributed by atoms with Crippen LogP contribution in [0, 0.1) is 11.7 Å². The predicted octanol–water partition coefficient (Wildman–Crippen LogP) is 6.16. The minimum Gasteiger partial charge on any atom is -0.367 e. The number of benzene rings is 3. The standard InChI is InChI=1S/C31H34FN5O2/c1-3-22(4-2)30(38)33-25-15-16-27(26(32)21-25)36-17-19-37(20-18-36)28(23-11-7-5-8-12-23)29-34-31(39-35-29)24-13-9-6-10-14-24/h5-16,21-22,28H,3-4,17-20H2,1-2H3,(H,33,38). The molecule has 202 valence electrons. The van der Waals surface area contributed by atoms with Crippen LogP contribution in [-0.2, 0) is 4.79 Å². The topological polar surface area (TPSA) is 74.5 Å². The summed E-state index contributed by atoms with van der Waals surface area (Å²) in [6, 6.07) is 24.7. The third-order valence-corrected chi connectivity index (χ3v) is 7.41. The summed E-state index contributed by atoms with van der Waals surface area (Å²) in [5.41, 5.74) is 2.98. The Labute approximate surface area is 228 Å². The Bertz CT molecular complexity index is 1370. The van der Waals surface area contributed by atoms with Gasteiger partial charge in [-0.3, -0.25) is 9.69 Å². The third-order valence-electron chi connectivity index (χ3n) is 7.41. The Hall–Kier alpha value is -4.04. The molecular formula is C31H34FN5O2. The minimum atomic E-state index is -0.337. The van der Waals surface area contributed by atoms with E-state index in [1.54, 1.807) is 12.1 Å². The third kappa shape index (κ3) is 6.01. The molecule has 0 aliphatic carbocycles. The summed E-state index contributed by atoms with van der Waals surface area (Å²) >= 11 is 0. The first-order valence-corrected chi connectivity index (χ1v) is 13.6.